The lowest BCUT2D eigenvalue weighted by Gasteiger charge is -2.06. The molecule has 0 aliphatic heterocycles. The normalized spacial score (nSPS) is 10.3. The van der Waals surface area contributed by atoms with Gasteiger partial charge in [0.2, 0.25) is 7.02 Å². The van der Waals surface area contributed by atoms with Gasteiger partial charge in [-0.3, -0.25) is 0 Å². The first-order valence-electron chi connectivity index (χ1n) is 1.77. The van der Waals surface area contributed by atoms with Crippen LogP contribution in [0.3, 0.4) is 0 Å². The second-order valence-corrected chi connectivity index (χ2v) is 3.47. The van der Waals surface area contributed by atoms with Gasteiger partial charge in [0.15, 0.2) is 0 Å². The molecule has 0 amide bonds. The minimum atomic E-state index is 0.000556. The van der Waals surface area contributed by atoms with Gasteiger partial charge in [0, 0.05) is 14.2 Å². The van der Waals surface area contributed by atoms with Crippen LogP contribution >= 0.6 is 21.8 Å². The fourth-order valence-electron chi connectivity index (χ4n) is 0.185. The van der Waals surface area contributed by atoms with E-state index in [9.17, 15) is 0 Å². The number of hydrogen-bond acceptors (Lipinski definition) is 2. The Bertz CT molecular complexity index is 34.4. The standard InChI is InChI=1S/C3H7IO2Si/c1-5-3(6-2)7-4/h3H,1-2H3. The summed E-state index contributed by atoms with van der Waals surface area (Å²) in [6.07, 6.45) is 0. The molecule has 0 aromatic rings. The van der Waals surface area contributed by atoms with Crippen molar-refractivity contribution in [1.82, 2.24) is 0 Å². The van der Waals surface area contributed by atoms with Gasteiger partial charge in [-0.15, -0.1) is 21.8 Å². The lowest BCUT2D eigenvalue weighted by Crippen LogP contribution is -2.16. The maximum absolute atomic E-state index is 4.83. The van der Waals surface area contributed by atoms with Crippen molar-refractivity contribution in [3.8, 4) is 0 Å². The number of rotatable bonds is 3. The van der Waals surface area contributed by atoms with Crippen LogP contribution < -0.4 is 0 Å². The second kappa shape index (κ2) is 5.01. The van der Waals surface area contributed by atoms with E-state index in [0.29, 0.717) is 7.02 Å². The zero-order chi connectivity index (χ0) is 5.70. The third-order valence-electron chi connectivity index (χ3n) is 0.517. The van der Waals surface area contributed by atoms with Crippen molar-refractivity contribution in [2.24, 2.45) is 0 Å². The van der Waals surface area contributed by atoms with Gasteiger partial charge in [0.05, 0.1) is 0 Å². The Labute approximate surface area is 58.6 Å². The Morgan fingerprint density at radius 2 is 1.86 bits per heavy atom. The average Bonchev–Trinajstić information content (AvgIpc) is 1.72. The van der Waals surface area contributed by atoms with Gasteiger partial charge in [-0.2, -0.15) is 0 Å². The predicted molar refractivity (Wildman–Crippen MR) is 37.6 cm³/mol. The van der Waals surface area contributed by atoms with Gasteiger partial charge in [-0.1, -0.05) is 0 Å². The van der Waals surface area contributed by atoms with E-state index in [-0.39, 0.29) is 5.91 Å². The van der Waals surface area contributed by atoms with Crippen LogP contribution in [0.25, 0.3) is 0 Å². The summed E-state index contributed by atoms with van der Waals surface area (Å²) in [5.74, 6) is 0.000556. The fraction of sp³-hybridized carbons (Fsp3) is 1.00. The third-order valence-corrected chi connectivity index (χ3v) is 2.69. The average molecular weight is 230 g/mol. The van der Waals surface area contributed by atoms with E-state index in [0.717, 1.165) is 0 Å². The number of hydrogen-bond donors (Lipinski definition) is 0. The molecule has 42 valence electrons. The Balaban J connectivity index is 2.99. The van der Waals surface area contributed by atoms with Crippen LogP contribution in [-0.4, -0.2) is 27.1 Å². The van der Waals surface area contributed by atoms with Crippen LogP contribution in [-0.2, 0) is 9.47 Å². The highest BCUT2D eigenvalue weighted by atomic mass is 127. The molecule has 0 saturated heterocycles. The smallest absolute Gasteiger partial charge is 0.204 e. The molecule has 0 rings (SSSR count). The minimum Gasteiger partial charge on any atom is -0.359 e. The summed E-state index contributed by atoms with van der Waals surface area (Å²) in [4.78, 5) is 0. The van der Waals surface area contributed by atoms with Crippen LogP contribution in [0.4, 0.5) is 0 Å². The van der Waals surface area contributed by atoms with E-state index in [1.807, 2.05) is 0 Å². The zero-order valence-electron chi connectivity index (χ0n) is 4.27. The molecule has 0 aromatic carbocycles. The molecule has 0 spiro atoms. The van der Waals surface area contributed by atoms with Crippen LogP contribution in [0.2, 0.25) is 0 Å². The summed E-state index contributed by atoms with van der Waals surface area (Å²) >= 11 is 2.23. The Hall–Kier alpha value is 0.867. The summed E-state index contributed by atoms with van der Waals surface area (Å²) < 4.78 is 9.66. The highest BCUT2D eigenvalue weighted by molar-refractivity contribution is 14.1. The molecule has 0 aromatic heterocycles. The van der Waals surface area contributed by atoms with E-state index >= 15 is 0 Å². The maximum Gasteiger partial charge on any atom is 0.204 e. The van der Waals surface area contributed by atoms with Crippen LogP contribution in [0.5, 0.6) is 0 Å². The SMILES string of the molecule is COC(OC)[Si]I. The molecule has 7 heavy (non-hydrogen) atoms. The molecule has 0 N–H and O–H groups in total. The van der Waals surface area contributed by atoms with Crippen molar-refractivity contribution in [2.45, 2.75) is 5.91 Å². The van der Waals surface area contributed by atoms with E-state index < -0.39 is 0 Å². The van der Waals surface area contributed by atoms with Crippen molar-refractivity contribution in [2.75, 3.05) is 14.2 Å². The summed E-state index contributed by atoms with van der Waals surface area (Å²) in [6.45, 7) is 0. The van der Waals surface area contributed by atoms with Crippen LogP contribution in [0.1, 0.15) is 0 Å². The number of methoxy groups -OCH3 is 2. The first-order chi connectivity index (χ1) is 3.35. The van der Waals surface area contributed by atoms with E-state index in [1.165, 1.54) is 0 Å². The predicted octanol–water partition coefficient (Wildman–Crippen LogP) is 0.617. The molecule has 0 aliphatic carbocycles. The molecule has 0 fully saturated rings. The van der Waals surface area contributed by atoms with Crippen molar-refractivity contribution in [1.29, 1.82) is 0 Å². The highest BCUT2D eigenvalue weighted by Gasteiger charge is 2.00. The summed E-state index contributed by atoms with van der Waals surface area (Å²) in [5, 5.41) is 0. The lowest BCUT2D eigenvalue weighted by atomic mass is 11.3. The van der Waals surface area contributed by atoms with E-state index in [4.69, 9.17) is 9.47 Å². The molecular formula is C3H7IO2Si. The molecule has 2 nitrogen and oxygen atoms in total. The van der Waals surface area contributed by atoms with Crippen molar-refractivity contribution >= 4 is 28.8 Å². The molecular weight excluding hydrogens is 223 g/mol. The number of halogens is 1. The molecule has 0 heterocycles. The Morgan fingerprint density at radius 1 is 1.43 bits per heavy atom. The quantitative estimate of drug-likeness (QED) is 0.306. The minimum absolute atomic E-state index is 0.000556. The van der Waals surface area contributed by atoms with Crippen LogP contribution in [0.15, 0.2) is 0 Å². The molecule has 0 atom stereocenters. The molecule has 4 heteroatoms. The molecule has 2 radical (unpaired) electrons. The lowest BCUT2D eigenvalue weighted by molar-refractivity contribution is -0.0416. The van der Waals surface area contributed by atoms with Crippen LogP contribution in [0, 0.1) is 0 Å². The van der Waals surface area contributed by atoms with Gasteiger partial charge in [-0.25, -0.2) is 0 Å². The molecule has 0 bridgehead atoms. The first kappa shape index (κ1) is 7.87. The third kappa shape index (κ3) is 3.45. The Kier molecular flexibility index (Phi) is 5.63. The van der Waals surface area contributed by atoms with Gasteiger partial charge < -0.3 is 9.47 Å². The van der Waals surface area contributed by atoms with Gasteiger partial charge >= 0.3 is 0 Å². The second-order valence-electron chi connectivity index (χ2n) is 0.912. The zero-order valence-corrected chi connectivity index (χ0v) is 7.43. The Morgan fingerprint density at radius 3 is 1.86 bits per heavy atom. The maximum atomic E-state index is 4.83. The molecule has 0 saturated carbocycles. The summed E-state index contributed by atoms with van der Waals surface area (Å²) in [5.41, 5.74) is 0. The molecule has 0 unspecified atom stereocenters. The largest absolute Gasteiger partial charge is 0.359 e. The fourth-order valence-corrected chi connectivity index (χ4v) is 1.89. The van der Waals surface area contributed by atoms with Crippen molar-refractivity contribution < 1.29 is 9.47 Å². The van der Waals surface area contributed by atoms with Gasteiger partial charge in [-0.05, 0) is 0 Å². The monoisotopic (exact) mass is 230 g/mol. The van der Waals surface area contributed by atoms with Gasteiger partial charge in [0.1, 0.15) is 5.91 Å². The summed E-state index contributed by atoms with van der Waals surface area (Å²) in [7, 11) is 3.95. The number of ether oxygens (including phenoxy) is 2. The molecule has 0 aliphatic rings. The topological polar surface area (TPSA) is 18.5 Å². The summed E-state index contributed by atoms with van der Waals surface area (Å²) in [6, 6.07) is 0. The van der Waals surface area contributed by atoms with E-state index in [2.05, 4.69) is 21.8 Å². The van der Waals surface area contributed by atoms with Crippen molar-refractivity contribution in [3.63, 3.8) is 0 Å². The first-order valence-corrected chi connectivity index (χ1v) is 5.96. The van der Waals surface area contributed by atoms with Crippen molar-refractivity contribution in [3.05, 3.63) is 0 Å². The van der Waals surface area contributed by atoms with Gasteiger partial charge in [0.25, 0.3) is 0 Å². The highest BCUT2D eigenvalue weighted by Crippen LogP contribution is 1.91. The van der Waals surface area contributed by atoms with E-state index in [1.54, 1.807) is 14.2 Å².